The first kappa shape index (κ1) is 27.1. The van der Waals surface area contributed by atoms with Crippen LogP contribution in [0.4, 0.5) is 0 Å². The van der Waals surface area contributed by atoms with Gasteiger partial charge in [0.25, 0.3) is 0 Å². The lowest BCUT2D eigenvalue weighted by Gasteiger charge is -2.23. The molecule has 0 unspecified atom stereocenters. The molecule has 0 bridgehead atoms. The predicted octanol–water partition coefficient (Wildman–Crippen LogP) is 9.15. The highest BCUT2D eigenvalue weighted by Crippen LogP contribution is 2.48. The van der Waals surface area contributed by atoms with E-state index < -0.39 is 7.14 Å². The Hall–Kier alpha value is -5.50. The molecule has 4 heteroatoms. The Morgan fingerprint density at radius 1 is 0.489 bits per heavy atom. The fourth-order valence-corrected chi connectivity index (χ4v) is 9.32. The molecule has 0 amide bonds. The van der Waals surface area contributed by atoms with Gasteiger partial charge in [-0.25, -0.2) is 4.68 Å². The van der Waals surface area contributed by atoms with E-state index in [0.29, 0.717) is 0 Å². The maximum atomic E-state index is 15.9. The van der Waals surface area contributed by atoms with Gasteiger partial charge in [-0.1, -0.05) is 158 Å². The molecule has 0 saturated carbocycles. The van der Waals surface area contributed by atoms with Crippen molar-refractivity contribution in [2.75, 3.05) is 0 Å². The molecule has 0 fully saturated rings. The van der Waals surface area contributed by atoms with Gasteiger partial charge in [-0.05, 0) is 34.7 Å². The van der Waals surface area contributed by atoms with Gasteiger partial charge in [-0.2, -0.15) is 5.10 Å². The molecule has 0 aliphatic rings. The van der Waals surface area contributed by atoms with Gasteiger partial charge in [0.05, 0.1) is 11.2 Å². The lowest BCUT2D eigenvalue weighted by atomic mass is 9.94. The fraction of sp³-hybridized carbons (Fsp3) is 0. The number of rotatable bonds is 6. The number of hydrogen-bond acceptors (Lipinski definition) is 2. The molecule has 0 N–H and O–H groups in total. The minimum absolute atomic E-state index is 0.804. The van der Waals surface area contributed by atoms with E-state index in [1.807, 2.05) is 97.1 Å². The molecule has 7 aromatic carbocycles. The van der Waals surface area contributed by atoms with Gasteiger partial charge >= 0.3 is 0 Å². The van der Waals surface area contributed by atoms with E-state index in [2.05, 4.69) is 83.5 Å². The quantitative estimate of drug-likeness (QED) is 0.180. The summed E-state index contributed by atoms with van der Waals surface area (Å²) in [5.74, 6) is 0. The van der Waals surface area contributed by atoms with Crippen LogP contribution >= 0.6 is 7.14 Å². The molecule has 8 aromatic rings. The first-order valence-corrected chi connectivity index (χ1v) is 16.8. The minimum Gasteiger partial charge on any atom is -0.309 e. The molecule has 0 aliphatic carbocycles. The molecule has 0 aliphatic heterocycles. The minimum atomic E-state index is -3.33. The zero-order valence-electron chi connectivity index (χ0n) is 24.5. The lowest BCUT2D eigenvalue weighted by molar-refractivity contribution is 0.592. The van der Waals surface area contributed by atoms with E-state index in [1.165, 1.54) is 0 Å². The predicted molar refractivity (Wildman–Crippen MR) is 189 cm³/mol. The van der Waals surface area contributed by atoms with Gasteiger partial charge in [-0.15, -0.1) is 0 Å². The molecule has 0 atom stereocenters. The van der Waals surface area contributed by atoms with E-state index in [0.717, 1.165) is 65.7 Å². The molecule has 8 rings (SSSR count). The maximum absolute atomic E-state index is 15.9. The smallest absolute Gasteiger partial charge is 0.171 e. The zero-order valence-corrected chi connectivity index (χ0v) is 25.4. The van der Waals surface area contributed by atoms with E-state index in [4.69, 9.17) is 5.10 Å². The second kappa shape index (κ2) is 11.2. The molecule has 0 saturated heterocycles. The summed E-state index contributed by atoms with van der Waals surface area (Å²) in [5, 5.41) is 10.8. The Morgan fingerprint density at radius 3 is 1.58 bits per heavy atom. The average molecular weight is 597 g/mol. The molecule has 1 aromatic heterocycles. The van der Waals surface area contributed by atoms with Crippen molar-refractivity contribution in [2.45, 2.75) is 0 Å². The van der Waals surface area contributed by atoms with Crippen LogP contribution in [0.2, 0.25) is 0 Å². The molecular weight excluding hydrogens is 567 g/mol. The van der Waals surface area contributed by atoms with Gasteiger partial charge in [0.1, 0.15) is 5.69 Å². The Kier molecular flexibility index (Phi) is 6.74. The van der Waals surface area contributed by atoms with Crippen LogP contribution in [-0.2, 0) is 4.57 Å². The van der Waals surface area contributed by atoms with Crippen LogP contribution in [-0.4, -0.2) is 9.78 Å². The Bertz CT molecular complexity index is 2270. The Labute approximate surface area is 262 Å². The van der Waals surface area contributed by atoms with Crippen LogP contribution in [0.3, 0.4) is 0 Å². The SMILES string of the molecule is O=P(c1ccccc1)(c1ccccc1)c1cccc2cc(-c3ccccc3)c3c(-c4ccccc4)nn(-c4ccccc4)c3c12. The first-order valence-electron chi connectivity index (χ1n) is 15.1. The van der Waals surface area contributed by atoms with Crippen molar-refractivity contribution >= 4 is 44.7 Å². The van der Waals surface area contributed by atoms with E-state index >= 15 is 4.57 Å². The van der Waals surface area contributed by atoms with Crippen molar-refractivity contribution in [3.05, 3.63) is 176 Å². The number of nitrogens with zero attached hydrogens (tertiary/aromatic N) is 2. The summed E-state index contributed by atoms with van der Waals surface area (Å²) in [6.45, 7) is 0. The summed E-state index contributed by atoms with van der Waals surface area (Å²) < 4.78 is 18.0. The first-order chi connectivity index (χ1) is 22.2. The number of hydrogen-bond donors (Lipinski definition) is 0. The molecule has 0 spiro atoms. The summed E-state index contributed by atoms with van der Waals surface area (Å²) in [5.41, 5.74) is 6.00. The van der Waals surface area contributed by atoms with Crippen molar-refractivity contribution < 1.29 is 4.57 Å². The van der Waals surface area contributed by atoms with Crippen LogP contribution in [0.1, 0.15) is 0 Å². The number of benzene rings is 7. The van der Waals surface area contributed by atoms with Crippen molar-refractivity contribution in [1.82, 2.24) is 9.78 Å². The molecule has 1 heterocycles. The maximum Gasteiger partial charge on any atom is 0.171 e. The molecular formula is C41H29N2OP. The third-order valence-electron chi connectivity index (χ3n) is 8.48. The van der Waals surface area contributed by atoms with Crippen molar-refractivity contribution in [3.8, 4) is 28.1 Å². The molecule has 0 radical (unpaired) electrons. The van der Waals surface area contributed by atoms with E-state index in [9.17, 15) is 0 Å². The Balaban J connectivity index is 1.61. The van der Waals surface area contributed by atoms with Crippen molar-refractivity contribution in [1.29, 1.82) is 0 Å². The van der Waals surface area contributed by atoms with E-state index in [-0.39, 0.29) is 0 Å². The van der Waals surface area contributed by atoms with E-state index in [1.54, 1.807) is 0 Å². The monoisotopic (exact) mass is 596 g/mol. The highest BCUT2D eigenvalue weighted by atomic mass is 31.2. The fourth-order valence-electron chi connectivity index (χ4n) is 6.43. The van der Waals surface area contributed by atoms with Crippen LogP contribution in [0.15, 0.2) is 176 Å². The lowest BCUT2D eigenvalue weighted by Crippen LogP contribution is -2.25. The second-order valence-corrected chi connectivity index (χ2v) is 13.9. The summed E-state index contributed by atoms with van der Waals surface area (Å²) in [4.78, 5) is 0. The summed E-state index contributed by atoms with van der Waals surface area (Å²) in [7, 11) is -3.33. The molecule has 214 valence electrons. The normalized spacial score (nSPS) is 11.6. The second-order valence-electron chi connectivity index (χ2n) is 11.1. The van der Waals surface area contributed by atoms with Gasteiger partial charge < -0.3 is 4.57 Å². The van der Waals surface area contributed by atoms with Crippen LogP contribution in [0, 0.1) is 0 Å². The third-order valence-corrected chi connectivity index (χ3v) is 11.6. The van der Waals surface area contributed by atoms with Gasteiger partial charge in [0.15, 0.2) is 7.14 Å². The van der Waals surface area contributed by atoms with Crippen molar-refractivity contribution in [3.63, 3.8) is 0 Å². The number of aromatic nitrogens is 2. The third kappa shape index (κ3) is 4.52. The largest absolute Gasteiger partial charge is 0.309 e. The summed E-state index contributed by atoms with van der Waals surface area (Å²) in [6, 6.07) is 59.4. The van der Waals surface area contributed by atoms with Gasteiger partial charge in [-0.3, -0.25) is 0 Å². The van der Waals surface area contributed by atoms with Crippen molar-refractivity contribution in [2.24, 2.45) is 0 Å². The van der Waals surface area contributed by atoms with Crippen LogP contribution in [0.5, 0.6) is 0 Å². The Morgan fingerprint density at radius 2 is 1.00 bits per heavy atom. The average Bonchev–Trinajstić information content (AvgIpc) is 3.53. The molecule has 45 heavy (non-hydrogen) atoms. The topological polar surface area (TPSA) is 34.9 Å². The highest BCUT2D eigenvalue weighted by Gasteiger charge is 2.33. The number of fused-ring (bicyclic) bond motifs is 3. The van der Waals surface area contributed by atoms with Crippen LogP contribution < -0.4 is 15.9 Å². The number of para-hydroxylation sites is 1. The van der Waals surface area contributed by atoms with Crippen LogP contribution in [0.25, 0.3) is 49.7 Å². The molecule has 3 nitrogen and oxygen atoms in total. The van der Waals surface area contributed by atoms with Gasteiger partial charge in [0.2, 0.25) is 0 Å². The zero-order chi connectivity index (χ0) is 30.2. The van der Waals surface area contributed by atoms with Gasteiger partial charge in [0, 0.05) is 32.2 Å². The highest BCUT2D eigenvalue weighted by molar-refractivity contribution is 7.85. The summed E-state index contributed by atoms with van der Waals surface area (Å²) in [6.07, 6.45) is 0. The summed E-state index contributed by atoms with van der Waals surface area (Å²) >= 11 is 0. The standard InChI is InChI=1S/C41H29N2OP/c44-45(34-24-12-4-13-25-34,35-26-14-5-15-27-35)37-28-16-21-32-29-36(30-17-6-1-7-18-30)39-40(31-19-8-2-9-20-31)42-43(41(39)38(32)37)33-22-10-3-11-23-33/h1-29H.